The van der Waals surface area contributed by atoms with Gasteiger partial charge in [-0.15, -0.1) is 0 Å². The minimum atomic E-state index is -2.74. The number of ether oxygens (including phenoxy) is 2. The minimum Gasteiger partial charge on any atom is -0.497 e. The minimum absolute atomic E-state index is 0.0187. The van der Waals surface area contributed by atoms with Crippen molar-refractivity contribution in [3.63, 3.8) is 0 Å². The number of nitrogens with zero attached hydrogens (tertiary/aromatic N) is 6. The first-order chi connectivity index (χ1) is 39.3. The molecule has 6 aliphatic heterocycles. The Morgan fingerprint density at radius 3 is 1.75 bits per heavy atom. The maximum atomic E-state index is 16.5. The number of rotatable bonds is 15. The number of amides is 4. The number of piperidine rings is 2. The molecule has 6 aliphatic rings. The van der Waals surface area contributed by atoms with Crippen LogP contribution in [0.2, 0.25) is 18.6 Å². The quantitative estimate of drug-likeness (QED) is 0.0868. The van der Waals surface area contributed by atoms with Crippen molar-refractivity contribution < 1.29 is 33.8 Å². The Labute approximate surface area is 476 Å². The van der Waals surface area contributed by atoms with Crippen molar-refractivity contribution in [3.05, 3.63) is 174 Å². The molecule has 5 saturated heterocycles. The van der Waals surface area contributed by atoms with Gasteiger partial charge in [0, 0.05) is 47.3 Å². The van der Waals surface area contributed by atoms with Gasteiger partial charge < -0.3 is 44.8 Å². The van der Waals surface area contributed by atoms with E-state index in [2.05, 4.69) is 76.8 Å². The van der Waals surface area contributed by atoms with Crippen LogP contribution in [0.5, 0.6) is 5.75 Å². The molecule has 0 unspecified atom stereocenters. The molecule has 3 N–H and O–H groups in total. The molecule has 5 fully saturated rings. The molecular weight excluding hydrogens is 1030 g/mol. The maximum Gasteiger partial charge on any atom is 0.264 e. The third-order valence-electron chi connectivity index (χ3n) is 18.9. The van der Waals surface area contributed by atoms with Gasteiger partial charge in [0.2, 0.25) is 5.91 Å². The molecule has 0 saturated carbocycles. The zero-order valence-corrected chi connectivity index (χ0v) is 47.9. The number of hydrogen-bond acceptors (Lipinski definition) is 11. The first-order valence-electron chi connectivity index (χ1n) is 28.8. The van der Waals surface area contributed by atoms with Crippen molar-refractivity contribution in [1.82, 2.24) is 15.5 Å². The van der Waals surface area contributed by atoms with Gasteiger partial charge in [0.25, 0.3) is 17.7 Å². The highest BCUT2D eigenvalue weighted by Crippen LogP contribution is 2.61. The van der Waals surface area contributed by atoms with E-state index in [0.717, 1.165) is 52.2 Å². The molecule has 4 amide bonds. The van der Waals surface area contributed by atoms with Crippen molar-refractivity contribution in [2.45, 2.75) is 93.5 Å². The molecule has 6 aromatic rings. The van der Waals surface area contributed by atoms with E-state index in [1.807, 2.05) is 136 Å². The van der Waals surface area contributed by atoms with Crippen LogP contribution in [0, 0.1) is 5.92 Å². The van der Waals surface area contributed by atoms with Crippen LogP contribution < -0.4 is 45.1 Å². The highest BCUT2D eigenvalue weighted by Gasteiger charge is 2.67. The zero-order chi connectivity index (χ0) is 56.1. The predicted molar refractivity (Wildman–Crippen MR) is 319 cm³/mol. The number of carbonyl (C=O) groups is 4. The van der Waals surface area contributed by atoms with Gasteiger partial charge in [-0.2, -0.15) is 0 Å². The number of anilines is 5. The normalized spacial score (nSPS) is 23.1. The number of aliphatic hydroxyl groups is 1. The van der Waals surface area contributed by atoms with Gasteiger partial charge in [-0.3, -0.25) is 29.0 Å². The molecule has 6 aromatic carbocycles. The molecule has 0 aliphatic carbocycles. The standard InChI is InChI=1S/C65H74N8O7Si/c1-46-59(81(3,4)54-26-24-53(79-2)25-27-54)57(41-58(75)68(37-38-74)42-47-15-8-5-9-16-47)80-65(46)55-40-52(71-45-73(50-20-12-7-13-21-50)64(61(71)77)31-35-67-36-32-64)23-28-56(55)69(62(65)78)43-48-17-14-22-51(39-48)70-44-72(49-18-10-6-11-19-49)63(60(70)76)29-33-66-34-30-63/h5-28,39-40,46,57,59,66-67,74H,29-38,41-45H2,1-4H3/t46-,57+,59-,65+/m0/s1. The summed E-state index contributed by atoms with van der Waals surface area (Å²) in [5.41, 5.74) is 3.21. The first-order valence-corrected chi connectivity index (χ1v) is 31.9. The lowest BCUT2D eigenvalue weighted by Gasteiger charge is -2.39. The molecule has 6 heterocycles. The Bertz CT molecular complexity index is 3290. The average molecular weight is 1110 g/mol. The van der Waals surface area contributed by atoms with Crippen LogP contribution in [0.25, 0.3) is 0 Å². The van der Waals surface area contributed by atoms with E-state index in [4.69, 9.17) is 9.47 Å². The molecule has 0 aromatic heterocycles. The highest BCUT2D eigenvalue weighted by atomic mass is 28.3. The summed E-state index contributed by atoms with van der Waals surface area (Å²) in [5.74, 6) is -0.0573. The SMILES string of the molecule is COc1ccc([Si](C)(C)[C@@H]2[C@@H](CC(=O)N(CCO)Cc3ccccc3)O[C@]3(C(=O)N(Cc4cccc(N5CN(c6ccccc6)C6(CCNCC6)C5=O)c4)c4ccc(N5CN(c6ccccc6)C6(CCNCC6)C5=O)cc43)[C@H]2C)cc1. The first kappa shape index (κ1) is 54.3. The molecule has 12 rings (SSSR count). The van der Waals surface area contributed by atoms with E-state index < -0.39 is 36.8 Å². The zero-order valence-electron chi connectivity index (χ0n) is 46.9. The average Bonchev–Trinajstić information content (AvgIpc) is 3.14. The van der Waals surface area contributed by atoms with E-state index in [1.165, 1.54) is 0 Å². The Morgan fingerprint density at radius 1 is 0.667 bits per heavy atom. The molecule has 81 heavy (non-hydrogen) atoms. The largest absolute Gasteiger partial charge is 0.497 e. The van der Waals surface area contributed by atoms with Crippen LogP contribution >= 0.6 is 0 Å². The second-order valence-electron chi connectivity index (χ2n) is 23.5. The smallest absolute Gasteiger partial charge is 0.264 e. The molecule has 15 nitrogen and oxygen atoms in total. The van der Waals surface area contributed by atoms with Crippen LogP contribution in [0.3, 0.4) is 0 Å². The lowest BCUT2D eigenvalue weighted by atomic mass is 9.82. The van der Waals surface area contributed by atoms with Crippen LogP contribution in [-0.4, -0.2) is 119 Å². The Kier molecular flexibility index (Phi) is 14.6. The van der Waals surface area contributed by atoms with Crippen LogP contribution in [0.1, 0.15) is 55.7 Å². The van der Waals surface area contributed by atoms with Gasteiger partial charge in [-0.1, -0.05) is 116 Å². The van der Waals surface area contributed by atoms with Crippen molar-refractivity contribution >= 4 is 65.3 Å². The van der Waals surface area contributed by atoms with Crippen molar-refractivity contribution in [2.75, 3.05) is 84.3 Å². The topological polar surface area (TPSA) is 150 Å². The van der Waals surface area contributed by atoms with E-state index in [0.29, 0.717) is 75.6 Å². The molecular formula is C65H74N8O7Si. The van der Waals surface area contributed by atoms with Crippen molar-refractivity contribution in [1.29, 1.82) is 0 Å². The van der Waals surface area contributed by atoms with Gasteiger partial charge in [0.05, 0.1) is 59.9 Å². The number of benzene rings is 6. The second kappa shape index (κ2) is 21.9. The van der Waals surface area contributed by atoms with Gasteiger partial charge >= 0.3 is 0 Å². The molecule has 420 valence electrons. The summed E-state index contributed by atoms with van der Waals surface area (Å²) in [6.45, 7) is 10.7. The van der Waals surface area contributed by atoms with Gasteiger partial charge in [0.1, 0.15) is 16.8 Å². The van der Waals surface area contributed by atoms with Crippen molar-refractivity contribution in [3.8, 4) is 5.75 Å². The summed E-state index contributed by atoms with van der Waals surface area (Å²) in [6, 6.07) is 52.3. The summed E-state index contributed by atoms with van der Waals surface area (Å²) in [6.07, 6.45) is 1.92. The number of carbonyl (C=O) groups excluding carboxylic acids is 4. The summed E-state index contributed by atoms with van der Waals surface area (Å²) < 4.78 is 13.3. The Hall–Kier alpha value is -7.34. The third kappa shape index (κ3) is 9.28. The second-order valence-corrected chi connectivity index (χ2v) is 28.2. The van der Waals surface area contributed by atoms with Crippen LogP contribution in [0.4, 0.5) is 28.4 Å². The summed E-state index contributed by atoms with van der Waals surface area (Å²) in [4.78, 5) is 73.6. The van der Waals surface area contributed by atoms with Crippen LogP contribution in [0.15, 0.2) is 158 Å². The molecule has 0 radical (unpaired) electrons. The Morgan fingerprint density at radius 2 is 1.20 bits per heavy atom. The summed E-state index contributed by atoms with van der Waals surface area (Å²) in [7, 11) is -1.08. The number of fused-ring (bicyclic) bond motifs is 2. The monoisotopic (exact) mass is 1110 g/mol. The van der Waals surface area contributed by atoms with E-state index in [-0.39, 0.29) is 55.3 Å². The lowest BCUT2D eigenvalue weighted by Crippen LogP contribution is -2.55. The predicted octanol–water partition coefficient (Wildman–Crippen LogP) is 7.74. The van der Waals surface area contributed by atoms with E-state index >= 15 is 14.4 Å². The maximum absolute atomic E-state index is 16.5. The fourth-order valence-corrected chi connectivity index (χ4v) is 18.7. The highest BCUT2D eigenvalue weighted by molar-refractivity contribution is 6.91. The van der Waals surface area contributed by atoms with Gasteiger partial charge in [0.15, 0.2) is 5.60 Å². The Balaban J connectivity index is 0.959. The van der Waals surface area contributed by atoms with Crippen LogP contribution in [-0.2, 0) is 42.6 Å². The molecule has 3 spiro atoms. The van der Waals surface area contributed by atoms with E-state index in [9.17, 15) is 9.90 Å². The number of hydrogen-bond donors (Lipinski definition) is 3. The number of nitrogens with one attached hydrogen (secondary N) is 2. The van der Waals surface area contributed by atoms with Crippen molar-refractivity contribution in [2.24, 2.45) is 5.92 Å². The van der Waals surface area contributed by atoms with E-state index in [1.54, 1.807) is 12.0 Å². The number of aliphatic hydroxyl groups excluding tert-OH is 1. The fraction of sp³-hybridized carbons (Fsp3) is 0.385. The molecule has 4 atom stereocenters. The third-order valence-corrected chi connectivity index (χ3v) is 23.3. The molecule has 16 heteroatoms. The molecule has 0 bridgehead atoms. The summed E-state index contributed by atoms with van der Waals surface area (Å²) >= 11 is 0. The summed E-state index contributed by atoms with van der Waals surface area (Å²) in [5, 5.41) is 18.5. The fourth-order valence-electron chi connectivity index (χ4n) is 14.7. The number of para-hydroxylation sites is 2. The van der Waals surface area contributed by atoms with Gasteiger partial charge in [-0.25, -0.2) is 0 Å². The van der Waals surface area contributed by atoms with Gasteiger partial charge in [-0.05, 0) is 135 Å². The lowest BCUT2D eigenvalue weighted by molar-refractivity contribution is -0.150. The number of methoxy groups -OCH3 is 1.